The summed E-state index contributed by atoms with van der Waals surface area (Å²) in [6.07, 6.45) is 0.980. The Morgan fingerprint density at radius 1 is 1.38 bits per heavy atom. The summed E-state index contributed by atoms with van der Waals surface area (Å²) in [5, 5.41) is 3.69. The first kappa shape index (κ1) is 19.2. The molecule has 138 valence electrons. The number of ether oxygens (including phenoxy) is 1. The Labute approximate surface area is 167 Å². The zero-order chi connectivity index (χ0) is 18.7. The minimum Gasteiger partial charge on any atom is -0.496 e. The zero-order valence-electron chi connectivity index (χ0n) is 14.9. The molecule has 0 unspecified atom stereocenters. The van der Waals surface area contributed by atoms with Crippen molar-refractivity contribution in [2.24, 2.45) is 0 Å². The third-order valence-electron chi connectivity index (χ3n) is 4.62. The number of methoxy groups -OCH3 is 1. The van der Waals surface area contributed by atoms with Crippen molar-refractivity contribution in [3.63, 3.8) is 0 Å². The number of amides is 1. The van der Waals surface area contributed by atoms with Gasteiger partial charge in [-0.15, -0.1) is 0 Å². The Balaban J connectivity index is 1.77. The predicted octanol–water partition coefficient (Wildman–Crippen LogP) is 4.49. The Morgan fingerprint density at radius 2 is 2.19 bits per heavy atom. The Bertz CT molecular complexity index is 812. The molecule has 1 heterocycles. The standard InChI is InChI=1S/C20H22BrClN2O2/c1-13(25)23-16-8-9-24(12-16)11-15-7-6-14(10-19(15)26-2)17-4-3-5-18(21)20(17)22/h3-7,10,16H,8-9,11-12H2,1-2H3,(H,23,25)/t16-/m1/s1. The van der Waals surface area contributed by atoms with Gasteiger partial charge in [0.05, 0.1) is 12.1 Å². The van der Waals surface area contributed by atoms with Crippen LogP contribution in [0.1, 0.15) is 18.9 Å². The molecule has 0 spiro atoms. The fourth-order valence-electron chi connectivity index (χ4n) is 3.39. The van der Waals surface area contributed by atoms with Crippen molar-refractivity contribution in [3.05, 3.63) is 51.5 Å². The number of likely N-dealkylation sites (tertiary alicyclic amines) is 1. The quantitative estimate of drug-likeness (QED) is 0.749. The zero-order valence-corrected chi connectivity index (χ0v) is 17.2. The first-order chi connectivity index (χ1) is 12.5. The molecule has 6 heteroatoms. The fourth-order valence-corrected chi connectivity index (χ4v) is 3.99. The summed E-state index contributed by atoms with van der Waals surface area (Å²) >= 11 is 9.90. The van der Waals surface area contributed by atoms with Crippen molar-refractivity contribution < 1.29 is 9.53 Å². The first-order valence-corrected chi connectivity index (χ1v) is 9.75. The van der Waals surface area contributed by atoms with E-state index < -0.39 is 0 Å². The molecule has 2 aromatic rings. The van der Waals surface area contributed by atoms with Gasteiger partial charge in [-0.3, -0.25) is 9.69 Å². The SMILES string of the molecule is COc1cc(-c2cccc(Br)c2Cl)ccc1CN1CC[C@@H](NC(C)=O)C1. The molecule has 0 radical (unpaired) electrons. The van der Waals surface area contributed by atoms with Crippen LogP contribution in [-0.4, -0.2) is 37.0 Å². The molecule has 0 bridgehead atoms. The van der Waals surface area contributed by atoms with Gasteiger partial charge in [0.1, 0.15) is 5.75 Å². The van der Waals surface area contributed by atoms with Crippen LogP contribution in [0.15, 0.2) is 40.9 Å². The maximum absolute atomic E-state index is 11.2. The second-order valence-corrected chi connectivity index (χ2v) is 7.78. The Hall–Kier alpha value is -1.56. The van der Waals surface area contributed by atoms with E-state index in [1.54, 1.807) is 14.0 Å². The van der Waals surface area contributed by atoms with Gasteiger partial charge < -0.3 is 10.1 Å². The van der Waals surface area contributed by atoms with Crippen molar-refractivity contribution in [1.82, 2.24) is 10.2 Å². The third kappa shape index (κ3) is 4.40. The minimum absolute atomic E-state index is 0.0321. The number of carbonyl (C=O) groups excluding carboxylic acids is 1. The summed E-state index contributed by atoms with van der Waals surface area (Å²) in [6.45, 7) is 4.19. The van der Waals surface area contributed by atoms with Crippen LogP contribution in [0.2, 0.25) is 5.02 Å². The molecule has 26 heavy (non-hydrogen) atoms. The van der Waals surface area contributed by atoms with Crippen LogP contribution in [0.5, 0.6) is 5.75 Å². The minimum atomic E-state index is 0.0321. The second-order valence-electron chi connectivity index (χ2n) is 6.55. The molecular weight excluding hydrogens is 416 g/mol. The van der Waals surface area contributed by atoms with E-state index >= 15 is 0 Å². The number of nitrogens with one attached hydrogen (secondary N) is 1. The second kappa shape index (κ2) is 8.42. The van der Waals surface area contributed by atoms with Gasteiger partial charge in [-0.1, -0.05) is 35.9 Å². The van der Waals surface area contributed by atoms with Crippen LogP contribution < -0.4 is 10.1 Å². The van der Waals surface area contributed by atoms with Crippen molar-refractivity contribution in [2.45, 2.75) is 25.9 Å². The maximum Gasteiger partial charge on any atom is 0.217 e. The van der Waals surface area contributed by atoms with Crippen LogP contribution >= 0.6 is 27.5 Å². The van der Waals surface area contributed by atoms with Gasteiger partial charge >= 0.3 is 0 Å². The Kier molecular flexibility index (Phi) is 6.22. The summed E-state index contributed by atoms with van der Waals surface area (Å²) in [5.74, 6) is 0.881. The molecule has 1 atom stereocenters. The van der Waals surface area contributed by atoms with E-state index in [9.17, 15) is 4.79 Å². The molecule has 0 saturated carbocycles. The van der Waals surface area contributed by atoms with E-state index in [-0.39, 0.29) is 11.9 Å². The van der Waals surface area contributed by atoms with E-state index in [0.717, 1.165) is 53.0 Å². The van der Waals surface area contributed by atoms with Gasteiger partial charge in [-0.2, -0.15) is 0 Å². The molecule has 1 N–H and O–H groups in total. The molecular formula is C20H22BrClN2O2. The lowest BCUT2D eigenvalue weighted by molar-refractivity contribution is -0.119. The third-order valence-corrected chi connectivity index (χ3v) is 5.92. The predicted molar refractivity (Wildman–Crippen MR) is 109 cm³/mol. The number of rotatable bonds is 5. The topological polar surface area (TPSA) is 41.6 Å². The van der Waals surface area contributed by atoms with Crippen molar-refractivity contribution in [1.29, 1.82) is 0 Å². The van der Waals surface area contributed by atoms with E-state index in [0.29, 0.717) is 5.02 Å². The number of benzene rings is 2. The van der Waals surface area contributed by atoms with Gasteiger partial charge in [-0.05, 0) is 40.0 Å². The van der Waals surface area contributed by atoms with Gasteiger partial charge in [0.2, 0.25) is 5.91 Å². The van der Waals surface area contributed by atoms with Crippen LogP contribution in [0.4, 0.5) is 0 Å². The molecule has 1 aliphatic heterocycles. The number of nitrogens with zero attached hydrogens (tertiary/aromatic N) is 1. The van der Waals surface area contributed by atoms with Gasteiger partial charge in [0, 0.05) is 48.2 Å². The maximum atomic E-state index is 11.2. The largest absolute Gasteiger partial charge is 0.496 e. The number of hydrogen-bond donors (Lipinski definition) is 1. The van der Waals surface area contributed by atoms with Crippen LogP contribution in [0.3, 0.4) is 0 Å². The number of carbonyl (C=O) groups is 1. The monoisotopic (exact) mass is 436 g/mol. The van der Waals surface area contributed by atoms with Crippen molar-refractivity contribution >= 4 is 33.4 Å². The van der Waals surface area contributed by atoms with Gasteiger partial charge in [-0.25, -0.2) is 0 Å². The number of hydrogen-bond acceptors (Lipinski definition) is 3. The summed E-state index contributed by atoms with van der Waals surface area (Å²) < 4.78 is 6.50. The fraction of sp³-hybridized carbons (Fsp3) is 0.350. The highest BCUT2D eigenvalue weighted by atomic mass is 79.9. The van der Waals surface area contributed by atoms with Gasteiger partial charge in [0.15, 0.2) is 0 Å². The molecule has 3 rings (SSSR count). The highest BCUT2D eigenvalue weighted by Crippen LogP contribution is 2.36. The first-order valence-electron chi connectivity index (χ1n) is 8.58. The summed E-state index contributed by atoms with van der Waals surface area (Å²) in [4.78, 5) is 13.6. The summed E-state index contributed by atoms with van der Waals surface area (Å²) in [7, 11) is 1.69. The van der Waals surface area contributed by atoms with Crippen LogP contribution in [-0.2, 0) is 11.3 Å². The van der Waals surface area contributed by atoms with E-state index in [1.807, 2.05) is 24.3 Å². The van der Waals surface area contributed by atoms with Crippen LogP contribution in [0, 0.1) is 0 Å². The normalized spacial score (nSPS) is 17.3. The average Bonchev–Trinajstić information content (AvgIpc) is 3.04. The molecule has 1 aliphatic rings. The van der Waals surface area contributed by atoms with Gasteiger partial charge in [0.25, 0.3) is 0 Å². The molecule has 4 nitrogen and oxygen atoms in total. The highest BCUT2D eigenvalue weighted by molar-refractivity contribution is 9.10. The smallest absolute Gasteiger partial charge is 0.217 e. The molecule has 0 aliphatic carbocycles. The average molecular weight is 438 g/mol. The molecule has 1 saturated heterocycles. The Morgan fingerprint density at radius 3 is 2.92 bits per heavy atom. The van der Waals surface area contributed by atoms with E-state index in [1.165, 1.54) is 0 Å². The molecule has 0 aromatic heterocycles. The summed E-state index contributed by atoms with van der Waals surface area (Å²) in [6, 6.07) is 12.3. The van der Waals surface area contributed by atoms with Crippen molar-refractivity contribution in [2.75, 3.05) is 20.2 Å². The van der Waals surface area contributed by atoms with E-state index in [4.69, 9.17) is 16.3 Å². The molecule has 1 fully saturated rings. The lowest BCUT2D eigenvalue weighted by Crippen LogP contribution is -2.35. The lowest BCUT2D eigenvalue weighted by Gasteiger charge is -2.19. The molecule has 1 amide bonds. The van der Waals surface area contributed by atoms with Crippen molar-refractivity contribution in [3.8, 4) is 16.9 Å². The van der Waals surface area contributed by atoms with Crippen LogP contribution in [0.25, 0.3) is 11.1 Å². The summed E-state index contributed by atoms with van der Waals surface area (Å²) in [5.41, 5.74) is 3.12. The lowest BCUT2D eigenvalue weighted by atomic mass is 10.0. The molecule has 2 aromatic carbocycles. The highest BCUT2D eigenvalue weighted by Gasteiger charge is 2.23. The number of halogens is 2. The van der Waals surface area contributed by atoms with E-state index in [2.05, 4.69) is 38.3 Å².